The van der Waals surface area contributed by atoms with Gasteiger partial charge in [0.2, 0.25) is 0 Å². The first-order chi connectivity index (χ1) is 17.1. The number of fused-ring (bicyclic) bond motifs is 1. The maximum atomic E-state index is 12.6. The SMILES string of the molecule is O=C(NC(=S)Nc1cccc(-c2nc3ccccc3[nH]2)c1)c1ccc(OCc2ccccc2)cc1. The normalized spacial score (nSPS) is 10.6. The largest absolute Gasteiger partial charge is 0.489 e. The molecule has 0 saturated carbocycles. The van der Waals surface area contributed by atoms with Crippen molar-refractivity contribution in [2.75, 3.05) is 5.32 Å². The molecule has 4 aromatic carbocycles. The molecule has 3 N–H and O–H groups in total. The highest BCUT2D eigenvalue weighted by atomic mass is 32.1. The molecule has 0 saturated heterocycles. The van der Waals surface area contributed by atoms with Gasteiger partial charge in [-0.15, -0.1) is 0 Å². The maximum absolute atomic E-state index is 12.6. The Morgan fingerprint density at radius 3 is 2.46 bits per heavy atom. The molecule has 6 nitrogen and oxygen atoms in total. The summed E-state index contributed by atoms with van der Waals surface area (Å²) in [5.74, 6) is 1.15. The van der Waals surface area contributed by atoms with E-state index < -0.39 is 0 Å². The number of H-pyrrole nitrogens is 1. The van der Waals surface area contributed by atoms with E-state index in [2.05, 4.69) is 20.6 Å². The van der Waals surface area contributed by atoms with Crippen molar-refractivity contribution >= 4 is 40.0 Å². The van der Waals surface area contributed by atoms with Crippen molar-refractivity contribution in [1.29, 1.82) is 0 Å². The summed E-state index contributed by atoms with van der Waals surface area (Å²) in [5, 5.41) is 6.00. The van der Waals surface area contributed by atoms with Crippen LogP contribution in [0.3, 0.4) is 0 Å². The average Bonchev–Trinajstić information content (AvgIpc) is 3.33. The first-order valence-electron chi connectivity index (χ1n) is 11.1. The van der Waals surface area contributed by atoms with E-state index in [1.165, 1.54) is 0 Å². The van der Waals surface area contributed by atoms with E-state index >= 15 is 0 Å². The van der Waals surface area contributed by atoms with Gasteiger partial charge in [0.25, 0.3) is 5.91 Å². The van der Waals surface area contributed by atoms with Gasteiger partial charge in [-0.1, -0.05) is 54.6 Å². The van der Waals surface area contributed by atoms with Crippen molar-refractivity contribution in [3.63, 3.8) is 0 Å². The second-order valence-corrected chi connectivity index (χ2v) is 8.30. The third-order valence-corrected chi connectivity index (χ3v) is 5.58. The molecule has 5 rings (SSSR count). The van der Waals surface area contributed by atoms with Crippen LogP contribution >= 0.6 is 12.2 Å². The molecule has 0 aliphatic carbocycles. The van der Waals surface area contributed by atoms with Gasteiger partial charge in [0.15, 0.2) is 5.11 Å². The van der Waals surface area contributed by atoms with E-state index in [1.54, 1.807) is 24.3 Å². The van der Waals surface area contributed by atoms with Gasteiger partial charge < -0.3 is 15.0 Å². The van der Waals surface area contributed by atoms with E-state index in [0.29, 0.717) is 17.9 Å². The summed E-state index contributed by atoms with van der Waals surface area (Å²) < 4.78 is 5.78. The first kappa shape index (κ1) is 22.3. The molecule has 1 aromatic heterocycles. The molecule has 0 aliphatic rings. The minimum atomic E-state index is -0.300. The topological polar surface area (TPSA) is 79.0 Å². The van der Waals surface area contributed by atoms with Gasteiger partial charge in [-0.3, -0.25) is 10.1 Å². The summed E-state index contributed by atoms with van der Waals surface area (Å²) in [6.45, 7) is 0.466. The minimum absolute atomic E-state index is 0.209. The summed E-state index contributed by atoms with van der Waals surface area (Å²) in [6.07, 6.45) is 0. The van der Waals surface area contributed by atoms with Gasteiger partial charge in [-0.05, 0) is 66.3 Å². The van der Waals surface area contributed by atoms with E-state index in [-0.39, 0.29) is 11.0 Å². The Morgan fingerprint density at radius 2 is 1.66 bits per heavy atom. The molecule has 0 unspecified atom stereocenters. The summed E-state index contributed by atoms with van der Waals surface area (Å²) in [5.41, 5.74) is 5.09. The highest BCUT2D eigenvalue weighted by Gasteiger charge is 2.10. The zero-order chi connectivity index (χ0) is 24.0. The number of thiocarbonyl (C=S) groups is 1. The highest BCUT2D eigenvalue weighted by molar-refractivity contribution is 7.80. The number of hydrogen-bond acceptors (Lipinski definition) is 4. The third-order valence-electron chi connectivity index (χ3n) is 5.38. The number of nitrogens with one attached hydrogen (secondary N) is 3. The van der Waals surface area contributed by atoms with E-state index in [4.69, 9.17) is 17.0 Å². The zero-order valence-electron chi connectivity index (χ0n) is 18.7. The van der Waals surface area contributed by atoms with Crippen molar-refractivity contribution in [2.24, 2.45) is 0 Å². The number of ether oxygens (including phenoxy) is 1. The van der Waals surface area contributed by atoms with E-state index in [1.807, 2.05) is 78.9 Å². The molecule has 0 atom stereocenters. The second kappa shape index (κ2) is 10.2. The third kappa shape index (κ3) is 5.54. The van der Waals surface area contributed by atoms with Gasteiger partial charge in [-0.2, -0.15) is 0 Å². The number of imidazole rings is 1. The Morgan fingerprint density at radius 1 is 0.886 bits per heavy atom. The number of anilines is 1. The molecule has 0 spiro atoms. The maximum Gasteiger partial charge on any atom is 0.257 e. The smallest absolute Gasteiger partial charge is 0.257 e. The average molecular weight is 479 g/mol. The number of para-hydroxylation sites is 2. The molecule has 172 valence electrons. The molecule has 0 aliphatic heterocycles. The molecular formula is C28H22N4O2S. The molecule has 0 bridgehead atoms. The number of rotatable bonds is 6. The highest BCUT2D eigenvalue weighted by Crippen LogP contribution is 2.23. The molecule has 1 heterocycles. The summed E-state index contributed by atoms with van der Waals surface area (Å²) >= 11 is 5.36. The number of benzene rings is 4. The van der Waals surface area contributed by atoms with Crippen LogP contribution < -0.4 is 15.4 Å². The van der Waals surface area contributed by atoms with Crippen LogP contribution in [0.5, 0.6) is 5.75 Å². The number of carbonyl (C=O) groups excluding carboxylic acids is 1. The Bertz CT molecular complexity index is 1450. The van der Waals surface area contributed by atoms with Gasteiger partial charge in [0.1, 0.15) is 18.2 Å². The second-order valence-electron chi connectivity index (χ2n) is 7.89. The standard InChI is InChI=1S/C28H22N4O2S/c33-27(20-13-15-23(16-14-20)34-18-19-7-2-1-3-8-19)32-28(35)29-22-10-6-9-21(17-22)26-30-24-11-4-5-12-25(24)31-26/h1-17H,18H2,(H,30,31)(H2,29,32,33,35). The van der Waals surface area contributed by atoms with Crippen molar-refractivity contribution in [3.8, 4) is 17.1 Å². The number of carbonyl (C=O) groups is 1. The van der Waals surface area contributed by atoms with Crippen LogP contribution in [0, 0.1) is 0 Å². The van der Waals surface area contributed by atoms with Crippen molar-refractivity contribution in [1.82, 2.24) is 15.3 Å². The minimum Gasteiger partial charge on any atom is -0.489 e. The number of aromatic amines is 1. The quantitative estimate of drug-likeness (QED) is 0.263. The summed E-state index contributed by atoms with van der Waals surface area (Å²) in [4.78, 5) is 20.6. The fourth-order valence-corrected chi connectivity index (χ4v) is 3.83. The Kier molecular flexibility index (Phi) is 6.50. The predicted molar refractivity (Wildman–Crippen MR) is 142 cm³/mol. The van der Waals surface area contributed by atoms with Crippen molar-refractivity contribution in [3.05, 3.63) is 114 Å². The number of nitrogens with zero attached hydrogens (tertiary/aromatic N) is 1. The molecule has 5 aromatic rings. The summed E-state index contributed by atoms with van der Waals surface area (Å²) in [7, 11) is 0. The number of aromatic nitrogens is 2. The molecule has 0 radical (unpaired) electrons. The van der Waals surface area contributed by atoms with Crippen molar-refractivity contribution < 1.29 is 9.53 Å². The lowest BCUT2D eigenvalue weighted by Gasteiger charge is -2.11. The van der Waals surface area contributed by atoms with Crippen LogP contribution in [0.2, 0.25) is 0 Å². The molecule has 7 heteroatoms. The van der Waals surface area contributed by atoms with E-state index in [9.17, 15) is 4.79 Å². The van der Waals surface area contributed by atoms with Crippen LogP contribution in [0.15, 0.2) is 103 Å². The molecular weight excluding hydrogens is 456 g/mol. The van der Waals surface area contributed by atoms with Crippen LogP contribution in [-0.2, 0) is 6.61 Å². The number of amides is 1. The van der Waals surface area contributed by atoms with Crippen LogP contribution in [0.4, 0.5) is 5.69 Å². The van der Waals surface area contributed by atoms with Crippen LogP contribution in [0.25, 0.3) is 22.4 Å². The lowest BCUT2D eigenvalue weighted by molar-refractivity contribution is 0.0977. The first-order valence-corrected chi connectivity index (χ1v) is 11.5. The summed E-state index contributed by atoms with van der Waals surface area (Å²) in [6, 6.07) is 32.4. The fraction of sp³-hybridized carbons (Fsp3) is 0.0357. The molecule has 0 fully saturated rings. The van der Waals surface area contributed by atoms with Gasteiger partial charge in [-0.25, -0.2) is 4.98 Å². The predicted octanol–water partition coefficient (Wildman–Crippen LogP) is 5.94. The fourth-order valence-electron chi connectivity index (χ4n) is 3.61. The Labute approximate surface area is 208 Å². The molecule has 35 heavy (non-hydrogen) atoms. The molecule has 1 amide bonds. The van der Waals surface area contributed by atoms with Gasteiger partial charge in [0.05, 0.1) is 11.0 Å². The van der Waals surface area contributed by atoms with E-state index in [0.717, 1.165) is 33.7 Å². The Balaban J connectivity index is 1.18. The van der Waals surface area contributed by atoms with Crippen molar-refractivity contribution in [2.45, 2.75) is 6.61 Å². The number of hydrogen-bond donors (Lipinski definition) is 3. The lowest BCUT2D eigenvalue weighted by atomic mass is 10.2. The zero-order valence-corrected chi connectivity index (χ0v) is 19.5. The van der Waals surface area contributed by atoms with Crippen LogP contribution in [-0.4, -0.2) is 21.0 Å². The lowest BCUT2D eigenvalue weighted by Crippen LogP contribution is -2.34. The van der Waals surface area contributed by atoms with Gasteiger partial charge in [0, 0.05) is 16.8 Å². The monoisotopic (exact) mass is 478 g/mol. The Hall–Kier alpha value is -4.49. The van der Waals surface area contributed by atoms with Crippen LogP contribution in [0.1, 0.15) is 15.9 Å². The van der Waals surface area contributed by atoms with Gasteiger partial charge >= 0.3 is 0 Å².